The summed E-state index contributed by atoms with van der Waals surface area (Å²) in [6.07, 6.45) is 19.1. The van der Waals surface area contributed by atoms with E-state index in [1.54, 1.807) is 0 Å². The molecule has 13 nitrogen and oxygen atoms in total. The van der Waals surface area contributed by atoms with Gasteiger partial charge in [-0.3, -0.25) is 24.0 Å². The maximum atomic E-state index is 12.5. The molecule has 8 aromatic heterocycles. The molecule has 104 heavy (non-hydrogen) atoms. The van der Waals surface area contributed by atoms with Crippen molar-refractivity contribution < 1.29 is 47.7 Å². The van der Waals surface area contributed by atoms with Gasteiger partial charge in [-0.2, -0.15) is 8.75 Å². The molecule has 11 rings (SSSR count). The van der Waals surface area contributed by atoms with Gasteiger partial charge >= 0.3 is 29.8 Å². The third kappa shape index (κ3) is 20.3. The lowest BCUT2D eigenvalue weighted by atomic mass is 10.0. The van der Waals surface area contributed by atoms with E-state index < -0.39 is 0 Å². The molecule has 550 valence electrons. The van der Waals surface area contributed by atoms with E-state index in [4.69, 9.17) is 32.4 Å². The fraction of sp³-hybridized carbons (Fsp3) is 0.440. The van der Waals surface area contributed by atoms with E-state index in [-0.39, 0.29) is 29.8 Å². The highest BCUT2D eigenvalue weighted by molar-refractivity contribution is 7.28. The second kappa shape index (κ2) is 38.9. The van der Waals surface area contributed by atoms with Crippen molar-refractivity contribution in [2.75, 3.05) is 33.0 Å². The highest BCUT2D eigenvalue weighted by Gasteiger charge is 2.25. The topological polar surface area (TPSA) is 162 Å². The number of rotatable bonds is 42. The molecule has 0 fully saturated rings. The van der Waals surface area contributed by atoms with Crippen molar-refractivity contribution >= 4 is 142 Å². The van der Waals surface area contributed by atoms with Crippen LogP contribution in [-0.2, 0) is 79.9 Å². The molecule has 11 aromatic rings. The van der Waals surface area contributed by atoms with Gasteiger partial charge in [0.25, 0.3) is 0 Å². The van der Waals surface area contributed by atoms with Crippen molar-refractivity contribution in [3.8, 4) is 70.3 Å². The smallest absolute Gasteiger partial charge is 0.305 e. The first-order valence-corrected chi connectivity index (χ1v) is 43.1. The number of thiophene rings is 6. The summed E-state index contributed by atoms with van der Waals surface area (Å²) >= 11 is 12.3. The lowest BCUT2D eigenvalue weighted by Gasteiger charge is -2.09. The van der Waals surface area contributed by atoms with Gasteiger partial charge in [-0.1, -0.05) is 68.5 Å². The maximum Gasteiger partial charge on any atom is 0.305 e. The highest BCUT2D eigenvalue weighted by atomic mass is 32.1. The number of hydrogen-bond donors (Lipinski definition) is 0. The van der Waals surface area contributed by atoms with Crippen LogP contribution in [0.15, 0.2) is 97.1 Å². The van der Waals surface area contributed by atoms with Crippen molar-refractivity contribution in [3.05, 3.63) is 130 Å². The van der Waals surface area contributed by atoms with Crippen LogP contribution < -0.4 is 0 Å². The lowest BCUT2D eigenvalue weighted by Crippen LogP contribution is -2.04. The summed E-state index contributed by atoms with van der Waals surface area (Å²) in [6, 6.07) is 37.0. The third-order valence-electron chi connectivity index (χ3n) is 18.8. The average molecular weight is 1530 g/mol. The molecule has 0 N–H and O–H groups in total. The molecule has 20 heteroatoms. The fourth-order valence-electron chi connectivity index (χ4n) is 13.8. The van der Waals surface area contributed by atoms with Gasteiger partial charge in [-0.25, -0.2) is 0 Å². The number of nitrogens with zero attached hydrogens (tertiary/aromatic N) is 3. The molecular weight excluding hydrogens is 1440 g/mol. The summed E-state index contributed by atoms with van der Waals surface area (Å²) in [5.41, 5.74) is 14.0. The molecule has 0 saturated heterocycles. The van der Waals surface area contributed by atoms with Crippen molar-refractivity contribution in [3.63, 3.8) is 0 Å². The van der Waals surface area contributed by atoms with E-state index >= 15 is 0 Å². The van der Waals surface area contributed by atoms with Crippen LogP contribution in [0.1, 0.15) is 196 Å². The van der Waals surface area contributed by atoms with Crippen LogP contribution in [0.3, 0.4) is 0 Å². The van der Waals surface area contributed by atoms with Crippen molar-refractivity contribution in [1.82, 2.24) is 13.3 Å². The predicted octanol–water partition coefficient (Wildman–Crippen LogP) is 24.2. The molecule has 0 saturated carbocycles. The average Bonchev–Trinajstić information content (AvgIpc) is 1.61. The number of hydrogen-bond acceptors (Lipinski definition) is 19. The van der Waals surface area contributed by atoms with E-state index in [0.29, 0.717) is 65.1 Å². The zero-order chi connectivity index (χ0) is 72.9. The first-order chi connectivity index (χ1) is 50.7. The number of aromatic nitrogens is 3. The molecular formula is C84H97N3O10S7. The van der Waals surface area contributed by atoms with Gasteiger partial charge in [0.1, 0.15) is 11.0 Å². The van der Waals surface area contributed by atoms with E-state index in [1.807, 2.05) is 103 Å². The minimum atomic E-state index is -0.145. The molecule has 0 aliphatic carbocycles. The number of unbranched alkanes of at least 4 members (excludes halogenated alkanes) is 10. The van der Waals surface area contributed by atoms with E-state index in [0.717, 1.165) is 160 Å². The Kier molecular flexibility index (Phi) is 29.1. The normalized spacial score (nSPS) is 11.6. The van der Waals surface area contributed by atoms with Gasteiger partial charge in [0.2, 0.25) is 0 Å². The third-order valence-corrected chi connectivity index (χ3v) is 27.0. The van der Waals surface area contributed by atoms with Gasteiger partial charge in [-0.15, -0.1) is 68.0 Å². The monoisotopic (exact) mass is 1530 g/mol. The SMILES string of the molecule is CCOC(=O)CCCCCc1cc(C)sc1-c1ccc(-c2sc(-c3ccc(-c4cc(CCCCCC(=O)OCC)c(-c5ccc(-c6sc(-c7ccc8c9ccc(C)cc9n(CCCCCC(=O)OCC)c8c7)cc6CCCCCC(=O)OCC)s5)s4)c4nsnc34)cc2CCCCCC(=O)OCC)s1. The summed E-state index contributed by atoms with van der Waals surface area (Å²) in [6.45, 7) is 16.5. The highest BCUT2D eigenvalue weighted by Crippen LogP contribution is 2.51. The van der Waals surface area contributed by atoms with Crippen LogP contribution in [-0.4, -0.2) is 76.2 Å². The first kappa shape index (κ1) is 77.9. The van der Waals surface area contributed by atoms with Gasteiger partial charge in [0.05, 0.1) is 44.8 Å². The predicted molar refractivity (Wildman–Crippen MR) is 436 cm³/mol. The van der Waals surface area contributed by atoms with Crippen molar-refractivity contribution in [2.24, 2.45) is 0 Å². The van der Waals surface area contributed by atoms with E-state index in [2.05, 4.69) is 115 Å². The summed E-state index contributed by atoms with van der Waals surface area (Å²) < 4.78 is 38.9. The number of ether oxygens (including phenoxy) is 5. The molecule has 0 unspecified atom stereocenters. The number of fused-ring (bicyclic) bond motifs is 4. The second-order valence-electron chi connectivity index (χ2n) is 26.5. The molecule has 8 heterocycles. The van der Waals surface area contributed by atoms with Crippen LogP contribution in [0, 0.1) is 13.8 Å². The maximum absolute atomic E-state index is 12.5. The van der Waals surface area contributed by atoms with Crippen molar-refractivity contribution in [1.29, 1.82) is 0 Å². The number of aryl methyl sites for hydroxylation is 7. The molecule has 0 amide bonds. The molecule has 0 bridgehead atoms. The van der Waals surface area contributed by atoms with Gasteiger partial charge in [0, 0.05) is 130 Å². The van der Waals surface area contributed by atoms with Crippen LogP contribution >= 0.6 is 79.7 Å². The summed E-state index contributed by atoms with van der Waals surface area (Å²) in [4.78, 5) is 76.3. The Bertz CT molecular complexity index is 4700. The van der Waals surface area contributed by atoms with Crippen LogP contribution in [0.2, 0.25) is 0 Å². The Morgan fingerprint density at radius 2 is 0.702 bits per heavy atom. The minimum Gasteiger partial charge on any atom is -0.466 e. The van der Waals surface area contributed by atoms with E-state index in [9.17, 15) is 24.0 Å². The molecule has 0 aliphatic rings. The Morgan fingerprint density at radius 3 is 1.12 bits per heavy atom. The van der Waals surface area contributed by atoms with Crippen molar-refractivity contribution in [2.45, 2.75) is 209 Å². The summed E-state index contributed by atoms with van der Waals surface area (Å²) in [5, 5.41) is 2.48. The van der Waals surface area contributed by atoms with Crippen LogP contribution in [0.4, 0.5) is 0 Å². The summed E-state index contributed by atoms with van der Waals surface area (Å²) in [5.74, 6) is -0.664. The molecule has 0 radical (unpaired) electrons. The molecule has 0 aliphatic heterocycles. The Labute approximate surface area is 640 Å². The molecule has 0 atom stereocenters. The van der Waals surface area contributed by atoms with Gasteiger partial charge < -0.3 is 28.3 Å². The first-order valence-electron chi connectivity index (χ1n) is 37.5. The number of esters is 5. The number of benzene rings is 3. The van der Waals surface area contributed by atoms with E-state index in [1.165, 1.54) is 116 Å². The summed E-state index contributed by atoms with van der Waals surface area (Å²) in [7, 11) is 0. The second-order valence-corrected chi connectivity index (χ2v) is 33.6. The molecule has 0 spiro atoms. The van der Waals surface area contributed by atoms with Crippen LogP contribution in [0.25, 0.3) is 103 Å². The lowest BCUT2D eigenvalue weighted by molar-refractivity contribution is -0.144. The minimum absolute atomic E-state index is 0.117. The van der Waals surface area contributed by atoms with Gasteiger partial charge in [0.15, 0.2) is 0 Å². The Morgan fingerprint density at radius 1 is 0.346 bits per heavy atom. The Hall–Kier alpha value is -7.17. The fourth-order valence-corrected chi connectivity index (χ4v) is 21.7. The quantitative estimate of drug-likeness (QED) is 0.0202. The van der Waals surface area contributed by atoms with Crippen LogP contribution in [0.5, 0.6) is 0 Å². The zero-order valence-corrected chi connectivity index (χ0v) is 66.9. The number of carbonyl (C=O) groups is 5. The number of carbonyl (C=O) groups excluding carboxylic acids is 5. The van der Waals surface area contributed by atoms with Gasteiger partial charge in [-0.05, 0) is 232 Å². The Balaban J connectivity index is 0.908. The zero-order valence-electron chi connectivity index (χ0n) is 61.2. The standard InChI is InChI=1S/C84H97N3O10S7/c1-8-93-74(88)32-22-13-18-28-57-49-55(7)98-81(57)67-43-44-69(99-67)83-59(30-20-15-24-34-76(90)95-10-3)52-72(102-83)63-41-42-64(80-79(63)85-104-86-80)73-53-60(31-21-16-25-35-77(91)96-11-4)84(103-73)70-46-45-68(100-70)82-58(29-19-14-23-33-75(89)94-9-2)51-71(101-82)56-38-40-62-61-39-37-54(6)48-65(61)87(66(62)50-56)47-27-17-26-36-78(92)97-12-5/h37-46,48-53H,8-36,47H2,1-7H3. The largest absolute Gasteiger partial charge is 0.466 e. The molecule has 3 aromatic carbocycles.